The molecule has 0 bridgehead atoms. The molecule has 0 unspecified atom stereocenters. The van der Waals surface area contributed by atoms with E-state index < -0.39 is 5.91 Å². The summed E-state index contributed by atoms with van der Waals surface area (Å²) in [6.07, 6.45) is 1.20. The molecular weight excluding hydrogens is 244 g/mol. The Kier molecular flexibility index (Phi) is 5.08. The van der Waals surface area contributed by atoms with Crippen LogP contribution in [0.3, 0.4) is 0 Å². The van der Waals surface area contributed by atoms with Crippen LogP contribution in [0.1, 0.15) is 18.5 Å². The molecule has 0 aliphatic carbocycles. The number of anilines is 1. The number of carbonyl (C=O) groups excluding carboxylic acids is 2. The molecule has 0 atom stereocenters. The van der Waals surface area contributed by atoms with Crippen LogP contribution in [-0.2, 0) is 14.4 Å². The summed E-state index contributed by atoms with van der Waals surface area (Å²) in [4.78, 5) is 29.9. The van der Waals surface area contributed by atoms with Crippen LogP contribution in [-0.4, -0.2) is 29.5 Å². The molecule has 92 valence electrons. The van der Waals surface area contributed by atoms with Gasteiger partial charge < -0.3 is 16.3 Å². The van der Waals surface area contributed by atoms with Crippen molar-refractivity contribution in [2.24, 2.45) is 10.9 Å². The molecule has 0 aromatic carbocycles. The van der Waals surface area contributed by atoms with Gasteiger partial charge in [0.1, 0.15) is 12.3 Å². The lowest BCUT2D eigenvalue weighted by molar-refractivity contribution is -0.118. The maximum absolute atomic E-state index is 10.7. The molecule has 0 saturated heterocycles. The van der Waals surface area contributed by atoms with E-state index in [0.717, 1.165) is 0 Å². The van der Waals surface area contributed by atoms with Gasteiger partial charge in [0, 0.05) is 11.8 Å². The molecule has 0 aliphatic rings. The summed E-state index contributed by atoms with van der Waals surface area (Å²) in [6.45, 7) is 0.208. The topological polar surface area (TPSA) is 121 Å². The summed E-state index contributed by atoms with van der Waals surface area (Å²) in [5, 5.41) is 5.56. The zero-order valence-corrected chi connectivity index (χ0v) is 9.77. The van der Waals surface area contributed by atoms with Crippen LogP contribution in [0, 0.1) is 0 Å². The molecule has 17 heavy (non-hydrogen) atoms. The van der Waals surface area contributed by atoms with E-state index in [9.17, 15) is 9.59 Å². The van der Waals surface area contributed by atoms with Crippen LogP contribution in [0.2, 0.25) is 0 Å². The predicted octanol–water partition coefficient (Wildman–Crippen LogP) is -0.0896. The molecule has 1 amide bonds. The van der Waals surface area contributed by atoms with Crippen molar-refractivity contribution in [1.29, 1.82) is 0 Å². The number of oxime groups is 1. The molecule has 0 saturated carbocycles. The van der Waals surface area contributed by atoms with Crippen LogP contribution in [0.15, 0.2) is 10.5 Å². The fraction of sp³-hybridized carbons (Fsp3) is 0.333. The highest BCUT2D eigenvalue weighted by Crippen LogP contribution is 2.11. The van der Waals surface area contributed by atoms with Crippen LogP contribution in [0.4, 0.5) is 5.13 Å². The molecular formula is C9H12N4O3S. The lowest BCUT2D eigenvalue weighted by Crippen LogP contribution is -2.11. The van der Waals surface area contributed by atoms with E-state index in [1.54, 1.807) is 5.38 Å². The molecule has 0 radical (unpaired) electrons. The van der Waals surface area contributed by atoms with Crippen molar-refractivity contribution in [1.82, 2.24) is 4.98 Å². The highest BCUT2D eigenvalue weighted by Gasteiger charge is 2.07. The minimum Gasteiger partial charge on any atom is -0.395 e. The van der Waals surface area contributed by atoms with Gasteiger partial charge in [0.2, 0.25) is 5.91 Å². The number of primary amides is 1. The lowest BCUT2D eigenvalue weighted by atomic mass is 10.3. The second-order valence-electron chi connectivity index (χ2n) is 3.07. The number of nitrogens with zero attached hydrogens (tertiary/aromatic N) is 2. The van der Waals surface area contributed by atoms with Crippen molar-refractivity contribution >= 4 is 34.4 Å². The van der Waals surface area contributed by atoms with Gasteiger partial charge in [0.05, 0.1) is 0 Å². The van der Waals surface area contributed by atoms with Gasteiger partial charge in [-0.15, -0.1) is 11.3 Å². The van der Waals surface area contributed by atoms with Crippen molar-refractivity contribution in [2.45, 2.75) is 12.8 Å². The average Bonchev–Trinajstić information content (AvgIpc) is 2.70. The van der Waals surface area contributed by atoms with E-state index in [0.29, 0.717) is 23.5 Å². The zero-order valence-electron chi connectivity index (χ0n) is 8.96. The average molecular weight is 256 g/mol. The third kappa shape index (κ3) is 4.60. The molecule has 1 rings (SSSR count). The maximum Gasteiger partial charge on any atom is 0.217 e. The Hall–Kier alpha value is -1.96. The van der Waals surface area contributed by atoms with E-state index >= 15 is 0 Å². The number of nitrogen functional groups attached to an aromatic ring is 1. The molecule has 1 aromatic rings. The standard InChI is InChI=1S/C9H12N4O3S/c10-8(15)2-1-3-16-13-6(4-14)7-5-17-9(11)12-7/h4-5H,1-3H2,(H2,10,15)(H2,11,12). The number of aromatic nitrogens is 1. The number of aldehydes is 1. The Labute approximate surface area is 101 Å². The predicted molar refractivity (Wildman–Crippen MR) is 63.5 cm³/mol. The quantitative estimate of drug-likeness (QED) is 0.305. The van der Waals surface area contributed by atoms with E-state index in [2.05, 4.69) is 10.1 Å². The van der Waals surface area contributed by atoms with E-state index in [-0.39, 0.29) is 18.7 Å². The third-order valence-electron chi connectivity index (χ3n) is 1.72. The maximum atomic E-state index is 10.7. The Balaban J connectivity index is 2.45. The first-order valence-electron chi connectivity index (χ1n) is 4.78. The van der Waals surface area contributed by atoms with Gasteiger partial charge in [0.15, 0.2) is 17.1 Å². The summed E-state index contributed by atoms with van der Waals surface area (Å²) in [5.41, 5.74) is 10.8. The van der Waals surface area contributed by atoms with Gasteiger partial charge in [0.25, 0.3) is 0 Å². The highest BCUT2D eigenvalue weighted by atomic mass is 32.1. The van der Waals surface area contributed by atoms with Crippen molar-refractivity contribution in [3.8, 4) is 0 Å². The minimum atomic E-state index is -0.402. The van der Waals surface area contributed by atoms with Crippen molar-refractivity contribution in [3.63, 3.8) is 0 Å². The monoisotopic (exact) mass is 256 g/mol. The molecule has 0 aliphatic heterocycles. The second-order valence-corrected chi connectivity index (χ2v) is 3.96. The number of hydrogen-bond acceptors (Lipinski definition) is 7. The smallest absolute Gasteiger partial charge is 0.217 e. The summed E-state index contributed by atoms with van der Waals surface area (Å²) in [5.74, 6) is -0.402. The van der Waals surface area contributed by atoms with Gasteiger partial charge in [-0.1, -0.05) is 5.16 Å². The summed E-state index contributed by atoms with van der Waals surface area (Å²) < 4.78 is 0. The number of thiazole rings is 1. The van der Waals surface area contributed by atoms with E-state index in [4.69, 9.17) is 16.3 Å². The molecule has 1 heterocycles. The van der Waals surface area contributed by atoms with Crippen molar-refractivity contribution in [3.05, 3.63) is 11.1 Å². The summed E-state index contributed by atoms with van der Waals surface area (Å²) >= 11 is 1.21. The number of nitrogens with two attached hydrogens (primary N) is 2. The number of hydrogen-bond donors (Lipinski definition) is 2. The first-order valence-corrected chi connectivity index (χ1v) is 5.66. The summed E-state index contributed by atoms with van der Waals surface area (Å²) in [7, 11) is 0. The molecule has 4 N–H and O–H groups in total. The van der Waals surface area contributed by atoms with Gasteiger partial charge in [-0.3, -0.25) is 9.59 Å². The summed E-state index contributed by atoms with van der Waals surface area (Å²) in [6, 6.07) is 0. The number of rotatable bonds is 7. The van der Waals surface area contributed by atoms with Crippen molar-refractivity contribution in [2.75, 3.05) is 12.3 Å². The highest BCUT2D eigenvalue weighted by molar-refractivity contribution is 7.13. The largest absolute Gasteiger partial charge is 0.395 e. The van der Waals surface area contributed by atoms with E-state index in [1.807, 2.05) is 0 Å². The zero-order chi connectivity index (χ0) is 12.7. The van der Waals surface area contributed by atoms with Crippen LogP contribution in [0.25, 0.3) is 0 Å². The first-order chi connectivity index (χ1) is 8.13. The normalized spacial score (nSPS) is 11.2. The Morgan fingerprint density at radius 3 is 2.94 bits per heavy atom. The molecule has 0 spiro atoms. The lowest BCUT2D eigenvalue weighted by Gasteiger charge is -1.98. The number of amides is 1. The van der Waals surface area contributed by atoms with Gasteiger partial charge in [-0.25, -0.2) is 4.98 Å². The minimum absolute atomic E-state index is 0.0667. The van der Waals surface area contributed by atoms with Gasteiger partial charge in [-0.2, -0.15) is 0 Å². The van der Waals surface area contributed by atoms with Crippen LogP contribution in [0.5, 0.6) is 0 Å². The van der Waals surface area contributed by atoms with Crippen LogP contribution < -0.4 is 11.5 Å². The molecule has 1 aromatic heterocycles. The second kappa shape index (κ2) is 6.59. The van der Waals surface area contributed by atoms with Gasteiger partial charge in [-0.05, 0) is 6.42 Å². The molecule has 7 nitrogen and oxygen atoms in total. The first kappa shape index (κ1) is 13.1. The van der Waals surface area contributed by atoms with Crippen molar-refractivity contribution < 1.29 is 14.4 Å². The molecule has 8 heteroatoms. The fourth-order valence-electron chi connectivity index (χ4n) is 0.960. The van der Waals surface area contributed by atoms with Gasteiger partial charge >= 0.3 is 0 Å². The Bertz CT molecular complexity index is 430. The Morgan fingerprint density at radius 2 is 2.41 bits per heavy atom. The molecule has 0 fully saturated rings. The third-order valence-corrected chi connectivity index (χ3v) is 2.39. The van der Waals surface area contributed by atoms with E-state index in [1.165, 1.54) is 11.3 Å². The van der Waals surface area contributed by atoms with Crippen LogP contribution >= 0.6 is 11.3 Å². The fourth-order valence-corrected chi connectivity index (χ4v) is 1.52. The SMILES string of the molecule is NC(=O)CCCON=C(C=O)c1csc(N)n1. The Morgan fingerprint density at radius 1 is 1.65 bits per heavy atom. The number of carbonyl (C=O) groups is 2.